The SMILES string of the molecule is CCNC(=NCc1ccccc1COC)NCC1Cc2ccccc2O1.I. The molecule has 2 aromatic carbocycles. The van der Waals surface area contributed by atoms with E-state index in [1.807, 2.05) is 24.3 Å². The Labute approximate surface area is 178 Å². The van der Waals surface area contributed by atoms with E-state index >= 15 is 0 Å². The van der Waals surface area contributed by atoms with E-state index in [2.05, 4.69) is 41.8 Å². The van der Waals surface area contributed by atoms with Crippen molar-refractivity contribution in [3.05, 3.63) is 65.2 Å². The highest BCUT2D eigenvalue weighted by molar-refractivity contribution is 14.0. The number of methoxy groups -OCH3 is 1. The minimum Gasteiger partial charge on any atom is -0.488 e. The van der Waals surface area contributed by atoms with Crippen LogP contribution in [0.3, 0.4) is 0 Å². The molecule has 1 aliphatic heterocycles. The number of benzene rings is 2. The molecular weight excluding hydrogens is 453 g/mol. The first kappa shape index (κ1) is 21.5. The number of hydrogen-bond acceptors (Lipinski definition) is 3. The second-order valence-corrected chi connectivity index (χ2v) is 6.33. The number of rotatable bonds is 7. The fourth-order valence-electron chi connectivity index (χ4n) is 3.09. The lowest BCUT2D eigenvalue weighted by molar-refractivity contribution is 0.184. The van der Waals surface area contributed by atoms with Crippen molar-refractivity contribution < 1.29 is 9.47 Å². The summed E-state index contributed by atoms with van der Waals surface area (Å²) in [5.74, 6) is 1.80. The highest BCUT2D eigenvalue weighted by Gasteiger charge is 2.22. The van der Waals surface area contributed by atoms with Gasteiger partial charge in [-0.15, -0.1) is 24.0 Å². The van der Waals surface area contributed by atoms with Gasteiger partial charge in [0.25, 0.3) is 0 Å². The largest absolute Gasteiger partial charge is 0.488 e. The van der Waals surface area contributed by atoms with E-state index < -0.39 is 0 Å². The van der Waals surface area contributed by atoms with Crippen molar-refractivity contribution in [3.63, 3.8) is 0 Å². The number of nitrogens with zero attached hydrogens (tertiary/aromatic N) is 1. The molecule has 27 heavy (non-hydrogen) atoms. The van der Waals surface area contributed by atoms with Crippen molar-refractivity contribution in [3.8, 4) is 5.75 Å². The minimum absolute atomic E-state index is 0. The van der Waals surface area contributed by atoms with Gasteiger partial charge in [-0.3, -0.25) is 0 Å². The zero-order chi connectivity index (χ0) is 18.2. The predicted octanol–water partition coefficient (Wildman–Crippen LogP) is 3.51. The molecule has 0 radical (unpaired) electrons. The highest BCUT2D eigenvalue weighted by atomic mass is 127. The standard InChI is InChI=1S/C21H27N3O2.HI/c1-3-22-21(23-13-17-9-4-5-10-18(17)15-25-2)24-14-19-12-16-8-6-7-11-20(16)26-19;/h4-11,19H,3,12-15H2,1-2H3,(H2,22,23,24);1H. The lowest BCUT2D eigenvalue weighted by Crippen LogP contribution is -2.42. The van der Waals surface area contributed by atoms with Gasteiger partial charge in [0.2, 0.25) is 0 Å². The fourth-order valence-corrected chi connectivity index (χ4v) is 3.09. The Balaban J connectivity index is 0.00000261. The third kappa shape index (κ3) is 6.10. The average molecular weight is 481 g/mol. The molecule has 3 rings (SSSR count). The van der Waals surface area contributed by atoms with Gasteiger partial charge >= 0.3 is 0 Å². The second-order valence-electron chi connectivity index (χ2n) is 6.33. The molecule has 146 valence electrons. The van der Waals surface area contributed by atoms with Crippen molar-refractivity contribution in [1.29, 1.82) is 0 Å². The third-order valence-corrected chi connectivity index (χ3v) is 4.38. The van der Waals surface area contributed by atoms with Crippen LogP contribution in [0.25, 0.3) is 0 Å². The van der Waals surface area contributed by atoms with Crippen LogP contribution in [0.15, 0.2) is 53.5 Å². The molecule has 0 saturated carbocycles. The summed E-state index contributed by atoms with van der Waals surface area (Å²) < 4.78 is 11.3. The molecule has 5 nitrogen and oxygen atoms in total. The predicted molar refractivity (Wildman–Crippen MR) is 120 cm³/mol. The minimum atomic E-state index is 0. The summed E-state index contributed by atoms with van der Waals surface area (Å²) >= 11 is 0. The number of para-hydroxylation sites is 1. The smallest absolute Gasteiger partial charge is 0.191 e. The van der Waals surface area contributed by atoms with Crippen molar-refractivity contribution in [2.24, 2.45) is 4.99 Å². The Kier molecular flexibility index (Phi) is 8.87. The molecule has 0 aliphatic carbocycles. The van der Waals surface area contributed by atoms with Gasteiger partial charge in [0.15, 0.2) is 5.96 Å². The Morgan fingerprint density at radius 2 is 1.85 bits per heavy atom. The van der Waals surface area contributed by atoms with Crippen molar-refractivity contribution in [1.82, 2.24) is 10.6 Å². The normalized spacial score (nSPS) is 15.5. The van der Waals surface area contributed by atoms with Crippen molar-refractivity contribution in [2.75, 3.05) is 20.2 Å². The Hall–Kier alpha value is -1.80. The van der Waals surface area contributed by atoms with Gasteiger partial charge in [0.1, 0.15) is 11.9 Å². The van der Waals surface area contributed by atoms with Crippen LogP contribution in [0.5, 0.6) is 5.75 Å². The van der Waals surface area contributed by atoms with Crippen LogP contribution in [0.2, 0.25) is 0 Å². The quantitative estimate of drug-likeness (QED) is 0.361. The van der Waals surface area contributed by atoms with Gasteiger partial charge in [-0.05, 0) is 29.7 Å². The number of guanidine groups is 1. The lowest BCUT2D eigenvalue weighted by atomic mass is 10.1. The first-order valence-electron chi connectivity index (χ1n) is 9.12. The maximum Gasteiger partial charge on any atom is 0.191 e. The molecule has 0 spiro atoms. The van der Waals surface area contributed by atoms with E-state index in [-0.39, 0.29) is 30.1 Å². The monoisotopic (exact) mass is 481 g/mol. The molecule has 1 heterocycles. The number of fused-ring (bicyclic) bond motifs is 1. The number of halogens is 1. The molecule has 1 unspecified atom stereocenters. The summed E-state index contributed by atoms with van der Waals surface area (Å²) in [7, 11) is 1.71. The van der Waals surface area contributed by atoms with Gasteiger partial charge in [0.05, 0.1) is 19.7 Å². The Morgan fingerprint density at radius 3 is 2.59 bits per heavy atom. The number of nitrogens with one attached hydrogen (secondary N) is 2. The van der Waals surface area contributed by atoms with Crippen LogP contribution in [0.1, 0.15) is 23.6 Å². The lowest BCUT2D eigenvalue weighted by Gasteiger charge is -2.16. The second kappa shape index (κ2) is 11.1. The van der Waals surface area contributed by atoms with Crippen LogP contribution < -0.4 is 15.4 Å². The maximum atomic E-state index is 5.99. The molecule has 1 aliphatic rings. The third-order valence-electron chi connectivity index (χ3n) is 4.38. The summed E-state index contributed by atoms with van der Waals surface area (Å²) in [6.45, 7) is 4.82. The number of ether oxygens (including phenoxy) is 2. The molecule has 2 aromatic rings. The van der Waals surface area contributed by atoms with Crippen LogP contribution in [0, 0.1) is 0 Å². The van der Waals surface area contributed by atoms with Gasteiger partial charge < -0.3 is 20.1 Å². The molecule has 6 heteroatoms. The molecule has 0 saturated heterocycles. The molecule has 0 amide bonds. The van der Waals surface area contributed by atoms with E-state index in [1.54, 1.807) is 7.11 Å². The molecule has 0 bridgehead atoms. The van der Waals surface area contributed by atoms with Crippen LogP contribution in [-0.4, -0.2) is 32.3 Å². The molecule has 0 aromatic heterocycles. The molecule has 0 fully saturated rings. The molecular formula is C21H28IN3O2. The van der Waals surface area contributed by atoms with Gasteiger partial charge in [-0.2, -0.15) is 0 Å². The Morgan fingerprint density at radius 1 is 1.11 bits per heavy atom. The van der Waals surface area contributed by atoms with E-state index in [9.17, 15) is 0 Å². The first-order valence-corrected chi connectivity index (χ1v) is 9.12. The molecule has 1 atom stereocenters. The zero-order valence-electron chi connectivity index (χ0n) is 15.9. The molecule has 2 N–H and O–H groups in total. The summed E-state index contributed by atoms with van der Waals surface area (Å²) in [5.41, 5.74) is 3.62. The summed E-state index contributed by atoms with van der Waals surface area (Å²) in [4.78, 5) is 4.72. The highest BCUT2D eigenvalue weighted by Crippen LogP contribution is 2.27. The fraction of sp³-hybridized carbons (Fsp3) is 0.381. The van der Waals surface area contributed by atoms with Crippen LogP contribution in [-0.2, 0) is 24.3 Å². The van der Waals surface area contributed by atoms with Gasteiger partial charge in [0, 0.05) is 20.1 Å². The van der Waals surface area contributed by atoms with E-state index in [0.29, 0.717) is 13.2 Å². The Bertz CT molecular complexity index is 727. The summed E-state index contributed by atoms with van der Waals surface area (Å²) in [6.07, 6.45) is 1.07. The first-order chi connectivity index (χ1) is 12.8. The number of aliphatic imine (C=N–C) groups is 1. The van der Waals surface area contributed by atoms with E-state index in [4.69, 9.17) is 14.5 Å². The average Bonchev–Trinajstić information content (AvgIpc) is 3.08. The summed E-state index contributed by atoms with van der Waals surface area (Å²) in [6, 6.07) is 16.5. The van der Waals surface area contributed by atoms with E-state index in [0.717, 1.165) is 31.2 Å². The maximum absolute atomic E-state index is 5.99. The van der Waals surface area contributed by atoms with Crippen LogP contribution >= 0.6 is 24.0 Å². The van der Waals surface area contributed by atoms with Crippen molar-refractivity contribution >= 4 is 29.9 Å². The zero-order valence-corrected chi connectivity index (χ0v) is 18.2. The summed E-state index contributed by atoms with van der Waals surface area (Å²) in [5, 5.41) is 6.70. The van der Waals surface area contributed by atoms with E-state index in [1.165, 1.54) is 16.7 Å². The number of hydrogen-bond donors (Lipinski definition) is 2. The van der Waals surface area contributed by atoms with Gasteiger partial charge in [-0.25, -0.2) is 4.99 Å². The topological polar surface area (TPSA) is 54.9 Å². The van der Waals surface area contributed by atoms with Crippen molar-refractivity contribution in [2.45, 2.75) is 32.6 Å². The van der Waals surface area contributed by atoms with Crippen LogP contribution in [0.4, 0.5) is 0 Å². The van der Waals surface area contributed by atoms with Gasteiger partial charge in [-0.1, -0.05) is 42.5 Å².